The van der Waals surface area contributed by atoms with Gasteiger partial charge in [-0.05, 0) is 30.7 Å². The van der Waals surface area contributed by atoms with Crippen LogP contribution in [0.15, 0.2) is 48.5 Å². The summed E-state index contributed by atoms with van der Waals surface area (Å²) in [6.45, 7) is 3.37. The molecule has 3 aromatic rings. The number of benzene rings is 2. The molecule has 0 saturated carbocycles. The van der Waals surface area contributed by atoms with Crippen molar-refractivity contribution in [2.24, 2.45) is 0 Å². The molecule has 28 heavy (non-hydrogen) atoms. The van der Waals surface area contributed by atoms with Gasteiger partial charge in [0.1, 0.15) is 11.9 Å². The SMILES string of the molecule is CC(=O)Nc1nc2n(n1)[C@H](c1c(F)cccc1Cl)C=C(c1ccc(C)cc1)N2. The van der Waals surface area contributed by atoms with Crippen molar-refractivity contribution in [2.45, 2.75) is 19.9 Å². The number of amides is 1. The van der Waals surface area contributed by atoms with E-state index in [1.807, 2.05) is 37.3 Å². The van der Waals surface area contributed by atoms with Crippen LogP contribution in [0.3, 0.4) is 0 Å². The van der Waals surface area contributed by atoms with E-state index in [1.165, 1.54) is 17.7 Å². The fourth-order valence-electron chi connectivity index (χ4n) is 3.10. The summed E-state index contributed by atoms with van der Waals surface area (Å²) in [4.78, 5) is 15.7. The minimum atomic E-state index is -0.628. The van der Waals surface area contributed by atoms with Crippen LogP contribution < -0.4 is 10.6 Å². The van der Waals surface area contributed by atoms with Gasteiger partial charge in [-0.2, -0.15) is 4.98 Å². The topological polar surface area (TPSA) is 71.8 Å². The van der Waals surface area contributed by atoms with Gasteiger partial charge < -0.3 is 5.32 Å². The van der Waals surface area contributed by atoms with E-state index in [0.29, 0.717) is 5.95 Å². The van der Waals surface area contributed by atoms with Crippen LogP contribution in [0.5, 0.6) is 0 Å². The van der Waals surface area contributed by atoms with E-state index < -0.39 is 11.9 Å². The molecular formula is C20H17ClFN5O. The summed E-state index contributed by atoms with van der Waals surface area (Å²) in [5.41, 5.74) is 3.08. The van der Waals surface area contributed by atoms with Gasteiger partial charge in [-0.15, -0.1) is 5.10 Å². The van der Waals surface area contributed by atoms with Crippen molar-refractivity contribution in [2.75, 3.05) is 10.6 Å². The molecule has 1 aliphatic rings. The number of carbonyl (C=O) groups is 1. The molecule has 4 rings (SSSR count). The summed E-state index contributed by atoms with van der Waals surface area (Å²) in [6.07, 6.45) is 1.84. The van der Waals surface area contributed by atoms with E-state index in [2.05, 4.69) is 20.7 Å². The molecule has 142 valence electrons. The first-order chi connectivity index (χ1) is 13.4. The Balaban J connectivity index is 1.86. The molecule has 0 unspecified atom stereocenters. The van der Waals surface area contributed by atoms with Crippen molar-refractivity contribution in [3.63, 3.8) is 0 Å². The molecule has 1 aliphatic heterocycles. The standard InChI is InChI=1S/C20H17ClFN5O/c1-11-6-8-13(9-7-11)16-10-17(18-14(21)4-3-5-15(18)22)27-20(24-16)25-19(26-27)23-12(2)28/h3-10,17H,1-2H3,(H2,23,24,25,26,28)/t17-/m0/s1. The number of carbonyl (C=O) groups excluding carboxylic acids is 1. The van der Waals surface area contributed by atoms with E-state index in [4.69, 9.17) is 11.6 Å². The molecule has 0 spiro atoms. The van der Waals surface area contributed by atoms with E-state index in [9.17, 15) is 9.18 Å². The Morgan fingerprint density at radius 1 is 1.25 bits per heavy atom. The van der Waals surface area contributed by atoms with Crippen LogP contribution in [-0.4, -0.2) is 20.7 Å². The average molecular weight is 398 g/mol. The lowest BCUT2D eigenvalue weighted by molar-refractivity contribution is -0.114. The Kier molecular flexibility index (Phi) is 4.60. The minimum absolute atomic E-state index is 0.131. The summed E-state index contributed by atoms with van der Waals surface area (Å²) >= 11 is 6.31. The first kappa shape index (κ1) is 18.2. The van der Waals surface area contributed by atoms with Crippen LogP contribution in [0, 0.1) is 12.7 Å². The summed E-state index contributed by atoms with van der Waals surface area (Å²) in [5.74, 6) is -0.228. The summed E-state index contributed by atoms with van der Waals surface area (Å²) in [6, 6.07) is 11.8. The fourth-order valence-corrected chi connectivity index (χ4v) is 3.38. The molecule has 2 aromatic carbocycles. The van der Waals surface area contributed by atoms with Gasteiger partial charge in [-0.3, -0.25) is 10.1 Å². The number of allylic oxidation sites excluding steroid dienone is 1. The van der Waals surface area contributed by atoms with Gasteiger partial charge in [-0.25, -0.2) is 9.07 Å². The third-order valence-corrected chi connectivity index (χ3v) is 4.74. The zero-order chi connectivity index (χ0) is 19.8. The number of halogens is 2. The average Bonchev–Trinajstić information content (AvgIpc) is 3.03. The van der Waals surface area contributed by atoms with E-state index in [0.717, 1.165) is 16.8 Å². The zero-order valence-electron chi connectivity index (χ0n) is 15.2. The van der Waals surface area contributed by atoms with Gasteiger partial charge in [0, 0.05) is 23.2 Å². The summed E-state index contributed by atoms with van der Waals surface area (Å²) in [5, 5.41) is 10.4. The second kappa shape index (κ2) is 7.09. The number of aromatic nitrogens is 3. The Morgan fingerprint density at radius 2 is 2.00 bits per heavy atom. The highest BCUT2D eigenvalue weighted by atomic mass is 35.5. The number of hydrogen-bond acceptors (Lipinski definition) is 4. The summed E-state index contributed by atoms with van der Waals surface area (Å²) in [7, 11) is 0. The maximum absolute atomic E-state index is 14.7. The lowest BCUT2D eigenvalue weighted by atomic mass is 10.0. The first-order valence-electron chi connectivity index (χ1n) is 8.66. The molecule has 0 fully saturated rings. The number of nitrogens with one attached hydrogen (secondary N) is 2. The van der Waals surface area contributed by atoms with Crippen LogP contribution in [0.2, 0.25) is 5.02 Å². The zero-order valence-corrected chi connectivity index (χ0v) is 16.0. The maximum atomic E-state index is 14.7. The number of fused-ring (bicyclic) bond motifs is 1. The van der Waals surface area contributed by atoms with Crippen molar-refractivity contribution in [1.82, 2.24) is 14.8 Å². The molecule has 0 radical (unpaired) electrons. The third kappa shape index (κ3) is 3.36. The van der Waals surface area contributed by atoms with Crippen molar-refractivity contribution < 1.29 is 9.18 Å². The van der Waals surface area contributed by atoms with Crippen LogP contribution in [-0.2, 0) is 4.79 Å². The van der Waals surface area contributed by atoms with Gasteiger partial charge in [-0.1, -0.05) is 47.5 Å². The van der Waals surface area contributed by atoms with Gasteiger partial charge >= 0.3 is 0 Å². The molecule has 1 aromatic heterocycles. The molecule has 2 heterocycles. The number of rotatable bonds is 3. The van der Waals surface area contributed by atoms with Crippen LogP contribution >= 0.6 is 11.6 Å². The van der Waals surface area contributed by atoms with E-state index in [1.54, 1.807) is 12.1 Å². The van der Waals surface area contributed by atoms with Crippen LogP contribution in [0.4, 0.5) is 16.3 Å². The molecule has 1 amide bonds. The Morgan fingerprint density at radius 3 is 2.68 bits per heavy atom. The normalized spacial score (nSPS) is 15.4. The molecule has 1 atom stereocenters. The molecule has 0 bridgehead atoms. The molecule has 8 heteroatoms. The second-order valence-corrected chi connectivity index (χ2v) is 6.94. The molecule has 0 saturated heterocycles. The minimum Gasteiger partial charge on any atom is -0.324 e. The largest absolute Gasteiger partial charge is 0.324 e. The van der Waals surface area contributed by atoms with Crippen molar-refractivity contribution in [3.8, 4) is 0 Å². The Bertz CT molecular complexity index is 1070. The lowest BCUT2D eigenvalue weighted by Crippen LogP contribution is -2.21. The van der Waals surface area contributed by atoms with Gasteiger partial charge in [0.15, 0.2) is 0 Å². The highest BCUT2D eigenvalue weighted by Crippen LogP contribution is 2.37. The highest BCUT2D eigenvalue weighted by molar-refractivity contribution is 6.31. The molecule has 6 nitrogen and oxygen atoms in total. The van der Waals surface area contributed by atoms with Crippen molar-refractivity contribution >= 4 is 35.1 Å². The van der Waals surface area contributed by atoms with Crippen molar-refractivity contribution in [1.29, 1.82) is 0 Å². The quantitative estimate of drug-likeness (QED) is 0.687. The first-order valence-corrected chi connectivity index (χ1v) is 9.04. The van der Waals surface area contributed by atoms with E-state index >= 15 is 0 Å². The number of nitrogens with zero attached hydrogens (tertiary/aromatic N) is 3. The second-order valence-electron chi connectivity index (χ2n) is 6.54. The maximum Gasteiger partial charge on any atom is 0.250 e. The number of aryl methyl sites for hydroxylation is 1. The highest BCUT2D eigenvalue weighted by Gasteiger charge is 2.29. The molecule has 2 N–H and O–H groups in total. The Labute approximate surface area is 166 Å². The monoisotopic (exact) mass is 397 g/mol. The fraction of sp³-hybridized carbons (Fsp3) is 0.150. The number of anilines is 2. The van der Waals surface area contributed by atoms with Gasteiger partial charge in [0.05, 0.1) is 0 Å². The van der Waals surface area contributed by atoms with Crippen molar-refractivity contribution in [3.05, 3.63) is 76.1 Å². The smallest absolute Gasteiger partial charge is 0.250 e. The third-order valence-electron chi connectivity index (χ3n) is 4.41. The number of hydrogen-bond donors (Lipinski definition) is 2. The molecular weight excluding hydrogens is 381 g/mol. The predicted molar refractivity (Wildman–Crippen MR) is 107 cm³/mol. The van der Waals surface area contributed by atoms with Gasteiger partial charge in [0.25, 0.3) is 5.95 Å². The van der Waals surface area contributed by atoms with E-state index in [-0.39, 0.29) is 22.4 Å². The predicted octanol–water partition coefficient (Wildman–Crippen LogP) is 4.39. The Hall–Kier alpha value is -3.19. The summed E-state index contributed by atoms with van der Waals surface area (Å²) < 4.78 is 16.2. The van der Waals surface area contributed by atoms with Crippen LogP contribution in [0.25, 0.3) is 5.70 Å². The molecule has 0 aliphatic carbocycles. The lowest BCUT2D eigenvalue weighted by Gasteiger charge is -2.25. The van der Waals surface area contributed by atoms with Gasteiger partial charge in [0.2, 0.25) is 11.9 Å². The van der Waals surface area contributed by atoms with Crippen LogP contribution in [0.1, 0.15) is 29.7 Å².